The van der Waals surface area contributed by atoms with Gasteiger partial charge in [0.1, 0.15) is 11.4 Å². The summed E-state index contributed by atoms with van der Waals surface area (Å²) in [7, 11) is 1.64. The molecule has 0 aliphatic carbocycles. The highest BCUT2D eigenvalue weighted by Gasteiger charge is 2.20. The van der Waals surface area contributed by atoms with Crippen LogP contribution in [-0.4, -0.2) is 42.2 Å². The molecular weight excluding hydrogens is 378 g/mol. The molecule has 6 nitrogen and oxygen atoms in total. The molecule has 152 valence electrons. The van der Waals surface area contributed by atoms with Crippen LogP contribution in [-0.2, 0) is 4.74 Å². The van der Waals surface area contributed by atoms with E-state index in [4.69, 9.17) is 14.5 Å². The number of carbonyl (C=O) groups excluding carboxylic acids is 1. The first-order chi connectivity index (χ1) is 14.7. The summed E-state index contributed by atoms with van der Waals surface area (Å²) >= 11 is 0. The maximum atomic E-state index is 12.9. The average molecular weight is 401 g/mol. The molecule has 1 aliphatic rings. The quantitative estimate of drug-likeness (QED) is 0.523. The molecule has 30 heavy (non-hydrogen) atoms. The molecule has 0 saturated carbocycles. The van der Waals surface area contributed by atoms with Crippen molar-refractivity contribution in [2.75, 3.05) is 20.3 Å². The standard InChI is InChI=1S/C24H23N3O3/c1-29-16-10-8-15(9-11-16)22-23-19(18-6-2-3-7-20(18)26-23)13-21(27-22)24(28)25-14-17-5-4-12-30-17/h2-3,6-11,13,17,26H,4-5,12,14H2,1H3,(H,25,28)/t17-/m1/s1. The predicted molar refractivity (Wildman–Crippen MR) is 117 cm³/mol. The summed E-state index contributed by atoms with van der Waals surface area (Å²) in [6, 6.07) is 17.7. The van der Waals surface area contributed by atoms with E-state index in [2.05, 4.69) is 16.4 Å². The Morgan fingerprint density at radius 2 is 2.03 bits per heavy atom. The first kappa shape index (κ1) is 18.6. The molecule has 2 aromatic heterocycles. The van der Waals surface area contributed by atoms with Crippen LogP contribution in [0.5, 0.6) is 5.75 Å². The third-order valence-corrected chi connectivity index (χ3v) is 5.61. The van der Waals surface area contributed by atoms with Gasteiger partial charge < -0.3 is 19.8 Å². The number of H-pyrrole nitrogens is 1. The summed E-state index contributed by atoms with van der Waals surface area (Å²) < 4.78 is 10.9. The Hall–Kier alpha value is -3.38. The van der Waals surface area contributed by atoms with Crippen LogP contribution in [0.15, 0.2) is 54.6 Å². The second-order valence-corrected chi connectivity index (χ2v) is 7.52. The van der Waals surface area contributed by atoms with Crippen molar-refractivity contribution in [2.24, 2.45) is 0 Å². The minimum atomic E-state index is -0.188. The summed E-state index contributed by atoms with van der Waals surface area (Å²) in [5.74, 6) is 0.588. The molecule has 1 atom stereocenters. The van der Waals surface area contributed by atoms with Gasteiger partial charge in [0.15, 0.2) is 0 Å². The van der Waals surface area contributed by atoms with E-state index in [1.165, 1.54) is 0 Å². The van der Waals surface area contributed by atoms with Crippen molar-refractivity contribution in [1.29, 1.82) is 0 Å². The van der Waals surface area contributed by atoms with E-state index in [-0.39, 0.29) is 12.0 Å². The molecule has 0 spiro atoms. The number of hydrogen-bond acceptors (Lipinski definition) is 4. The van der Waals surface area contributed by atoms with Gasteiger partial charge in [-0.2, -0.15) is 0 Å². The maximum Gasteiger partial charge on any atom is 0.270 e. The number of pyridine rings is 1. The number of benzene rings is 2. The molecule has 1 amide bonds. The molecule has 3 heterocycles. The molecule has 1 fully saturated rings. The van der Waals surface area contributed by atoms with Crippen molar-refractivity contribution in [1.82, 2.24) is 15.3 Å². The Kier molecular flexibility index (Phi) is 4.85. The van der Waals surface area contributed by atoms with E-state index >= 15 is 0 Å². The Labute approximate surface area is 174 Å². The third-order valence-electron chi connectivity index (χ3n) is 5.61. The van der Waals surface area contributed by atoms with E-state index < -0.39 is 0 Å². The number of para-hydroxylation sites is 1. The van der Waals surface area contributed by atoms with Gasteiger partial charge >= 0.3 is 0 Å². The van der Waals surface area contributed by atoms with E-state index in [0.29, 0.717) is 12.2 Å². The van der Waals surface area contributed by atoms with E-state index in [0.717, 1.165) is 58.3 Å². The first-order valence-corrected chi connectivity index (χ1v) is 10.2. The molecule has 4 aromatic rings. The zero-order valence-corrected chi connectivity index (χ0v) is 16.8. The predicted octanol–water partition coefficient (Wildman–Crippen LogP) is 4.30. The van der Waals surface area contributed by atoms with Crippen LogP contribution >= 0.6 is 0 Å². The first-order valence-electron chi connectivity index (χ1n) is 10.2. The summed E-state index contributed by atoms with van der Waals surface area (Å²) in [4.78, 5) is 21.1. The van der Waals surface area contributed by atoms with Gasteiger partial charge in [-0.15, -0.1) is 0 Å². The van der Waals surface area contributed by atoms with Crippen LogP contribution < -0.4 is 10.1 Å². The molecule has 2 aromatic carbocycles. The van der Waals surface area contributed by atoms with E-state index in [9.17, 15) is 4.79 Å². The summed E-state index contributed by atoms with van der Waals surface area (Å²) in [5.41, 5.74) is 3.99. The molecule has 2 N–H and O–H groups in total. The lowest BCUT2D eigenvalue weighted by molar-refractivity contribution is 0.0854. The lowest BCUT2D eigenvalue weighted by Gasteiger charge is -2.12. The Bertz CT molecular complexity index is 1210. The van der Waals surface area contributed by atoms with Crippen molar-refractivity contribution in [2.45, 2.75) is 18.9 Å². The van der Waals surface area contributed by atoms with Crippen LogP contribution in [0.4, 0.5) is 0 Å². The van der Waals surface area contributed by atoms with E-state index in [1.807, 2.05) is 48.5 Å². The highest BCUT2D eigenvalue weighted by Crippen LogP contribution is 2.33. The Balaban J connectivity index is 1.60. The van der Waals surface area contributed by atoms with Crippen molar-refractivity contribution < 1.29 is 14.3 Å². The van der Waals surface area contributed by atoms with Crippen LogP contribution in [0.2, 0.25) is 0 Å². The second kappa shape index (κ2) is 7.80. The molecule has 5 rings (SSSR count). The summed E-state index contributed by atoms with van der Waals surface area (Å²) in [5, 5.41) is 5.03. The smallest absolute Gasteiger partial charge is 0.270 e. The van der Waals surface area contributed by atoms with Gasteiger partial charge in [-0.1, -0.05) is 18.2 Å². The SMILES string of the molecule is COc1ccc(-c2nc(C(=O)NC[C@H]3CCCO3)cc3c2[nH]c2ccccc23)cc1. The number of aromatic nitrogens is 2. The number of nitrogens with zero attached hydrogens (tertiary/aromatic N) is 1. The minimum absolute atomic E-state index is 0.0897. The minimum Gasteiger partial charge on any atom is -0.497 e. The fourth-order valence-electron chi connectivity index (χ4n) is 4.02. The molecule has 0 bridgehead atoms. The van der Waals surface area contributed by atoms with Crippen LogP contribution in [0.1, 0.15) is 23.3 Å². The number of ether oxygens (including phenoxy) is 2. The Morgan fingerprint density at radius 3 is 2.80 bits per heavy atom. The molecule has 1 aliphatic heterocycles. The third kappa shape index (κ3) is 3.39. The number of fused-ring (bicyclic) bond motifs is 3. The average Bonchev–Trinajstić information content (AvgIpc) is 3.44. The number of methoxy groups -OCH3 is 1. The largest absolute Gasteiger partial charge is 0.497 e. The fraction of sp³-hybridized carbons (Fsp3) is 0.250. The van der Waals surface area contributed by atoms with E-state index in [1.54, 1.807) is 7.11 Å². The van der Waals surface area contributed by atoms with Gasteiger partial charge in [-0.05, 0) is 49.2 Å². The number of amides is 1. The topological polar surface area (TPSA) is 76.2 Å². The van der Waals surface area contributed by atoms with Gasteiger partial charge in [0.05, 0.1) is 24.4 Å². The highest BCUT2D eigenvalue weighted by molar-refractivity contribution is 6.13. The molecule has 6 heteroatoms. The number of aromatic amines is 1. The van der Waals surface area contributed by atoms with Gasteiger partial charge in [0.25, 0.3) is 5.91 Å². The lowest BCUT2D eigenvalue weighted by atomic mass is 10.1. The highest BCUT2D eigenvalue weighted by atomic mass is 16.5. The molecular formula is C24H23N3O3. The molecule has 1 saturated heterocycles. The zero-order chi connectivity index (χ0) is 20.5. The molecule has 0 unspecified atom stereocenters. The number of rotatable bonds is 5. The molecule has 0 radical (unpaired) electrons. The number of hydrogen-bond donors (Lipinski definition) is 2. The van der Waals surface area contributed by atoms with Crippen molar-refractivity contribution in [3.63, 3.8) is 0 Å². The number of nitrogens with one attached hydrogen (secondary N) is 2. The normalized spacial score (nSPS) is 16.2. The van der Waals surface area contributed by atoms with Crippen LogP contribution in [0.3, 0.4) is 0 Å². The summed E-state index contributed by atoms with van der Waals surface area (Å²) in [6.07, 6.45) is 2.11. The van der Waals surface area contributed by atoms with Gasteiger partial charge in [-0.3, -0.25) is 4.79 Å². The second-order valence-electron chi connectivity index (χ2n) is 7.52. The van der Waals surface area contributed by atoms with Crippen LogP contribution in [0, 0.1) is 0 Å². The van der Waals surface area contributed by atoms with Crippen LogP contribution in [0.25, 0.3) is 33.1 Å². The zero-order valence-electron chi connectivity index (χ0n) is 16.8. The van der Waals surface area contributed by atoms with Crippen molar-refractivity contribution in [3.05, 3.63) is 60.3 Å². The Morgan fingerprint density at radius 1 is 1.20 bits per heavy atom. The van der Waals surface area contributed by atoms with Gasteiger partial charge in [-0.25, -0.2) is 4.98 Å². The van der Waals surface area contributed by atoms with Crippen molar-refractivity contribution in [3.8, 4) is 17.0 Å². The number of carbonyl (C=O) groups is 1. The monoisotopic (exact) mass is 401 g/mol. The van der Waals surface area contributed by atoms with Crippen molar-refractivity contribution >= 4 is 27.7 Å². The summed E-state index contributed by atoms with van der Waals surface area (Å²) in [6.45, 7) is 1.27. The lowest BCUT2D eigenvalue weighted by Crippen LogP contribution is -2.32. The van der Waals surface area contributed by atoms with Gasteiger partial charge in [0, 0.05) is 35.0 Å². The van der Waals surface area contributed by atoms with Gasteiger partial charge in [0.2, 0.25) is 0 Å². The fourth-order valence-corrected chi connectivity index (χ4v) is 4.02. The maximum absolute atomic E-state index is 12.9.